The second-order valence-corrected chi connectivity index (χ2v) is 31.4. The van der Waals surface area contributed by atoms with Gasteiger partial charge >= 0.3 is 0 Å². The van der Waals surface area contributed by atoms with Gasteiger partial charge in [0.25, 0.3) is 5.91 Å². The number of amides is 9. The number of nitrogens with two attached hydrogens (primary N) is 2. The summed E-state index contributed by atoms with van der Waals surface area (Å²) in [7, 11) is 1.47. The molecule has 35 nitrogen and oxygen atoms in total. The molecule has 18 atom stereocenters. The molecule has 121 heavy (non-hydrogen) atoms. The van der Waals surface area contributed by atoms with Crippen molar-refractivity contribution in [3.8, 4) is 80.6 Å². The molecule has 0 spiro atoms. The number of primary amides is 1. The lowest BCUT2D eigenvalue weighted by Crippen LogP contribution is -2.64. The van der Waals surface area contributed by atoms with E-state index in [0.717, 1.165) is 71.8 Å². The van der Waals surface area contributed by atoms with Gasteiger partial charge in [0, 0.05) is 53.4 Å². The molecule has 9 amide bonds. The number of carbonyl (C=O) groups excluding carboxylic acids is 9. The second-order valence-electron chi connectivity index (χ2n) is 30.6. The number of rotatable bonds is 19. The first-order valence-corrected chi connectivity index (χ1v) is 39.2. The van der Waals surface area contributed by atoms with Gasteiger partial charge in [0.15, 0.2) is 23.9 Å². The number of phenols is 3. The molecule has 0 radical (unpaired) electrons. The number of fused-ring (bicyclic) bond motifs is 15. The van der Waals surface area contributed by atoms with Crippen molar-refractivity contribution >= 4 is 76.4 Å². The van der Waals surface area contributed by atoms with Crippen molar-refractivity contribution in [3.05, 3.63) is 176 Å². The monoisotopic (exact) mass is 1710 g/mol. The van der Waals surface area contributed by atoms with Crippen molar-refractivity contribution in [1.82, 2.24) is 47.9 Å². The molecule has 7 aromatic carbocycles. The van der Waals surface area contributed by atoms with Crippen LogP contribution in [0.15, 0.2) is 127 Å². The van der Waals surface area contributed by atoms with Gasteiger partial charge in [-0.1, -0.05) is 85.4 Å². The summed E-state index contributed by atoms with van der Waals surface area (Å²) in [6.07, 6.45) is -13.2. The van der Waals surface area contributed by atoms with E-state index >= 15 is 19.2 Å². The van der Waals surface area contributed by atoms with Crippen LogP contribution in [-0.2, 0) is 52.6 Å². The standard InChI is InChI=1S/C84H91Cl2N11O24/c1-7-38-9-11-39(12-10-38)40-13-15-41(16-14-40)75(108)90-23-8-24-91-78(111)65-48-31-46(99)32-54(101)62(48)47-26-42(17-20-53(47)100)63-79(112)97-67(82(115)95-65)69(104)44-19-22-56(50(86)28-44)118-58-30-45-29-57(72(58)121-83-73(71(106)70(105)59(35-98)119-83)120-61-34-84(5,88)74(107)37(4)116-61)117-55-21-18-43(27-49(55)85)68(103)66(96-76(109)51(89-6)25-36(2)3)81(114)92-52(33-60(87)102)77(110)93-64(45)80(113)94-63/h1,9-22,26-32,36-37,51-52,59,61,63-71,73-74,83,89,98-101,103-107H,8,23-25,33-35,88H2,2-6H3,(H2,87,102)(H,90,108)(H,91,111)(H,92,114)(H,93,110)(H,94,113)(H,95,115)(H,96,109)(H,97,112)/t37-,51+,52-,59+,61?,63+,64?,65?,66+,67-,68+,69+,70+,71-,73+,74+,83-,84-/m0/s1. The average Bonchev–Trinajstić information content (AvgIpc) is 0.764. The molecular weight excluding hydrogens is 1620 g/mol. The topological polar surface area (TPSA) is 551 Å². The highest BCUT2D eigenvalue weighted by molar-refractivity contribution is 6.32. The van der Waals surface area contributed by atoms with Crippen LogP contribution in [0.3, 0.4) is 0 Å². The van der Waals surface area contributed by atoms with E-state index in [0.29, 0.717) is 11.1 Å². The van der Waals surface area contributed by atoms with Gasteiger partial charge in [0.05, 0.1) is 41.3 Å². The Morgan fingerprint density at radius 3 is 1.88 bits per heavy atom. The SMILES string of the molecule is C#Cc1ccc(-c2ccc(C(=O)NCCCNC(=O)C3NC(=O)[C@H]4NC(=O)[C@H](NC(=O)C5NC(=O)[C@H](CC(N)=O)NC(=O)[C@H](NC(=O)[C@@H](CC(C)C)NC)[C@H](O)c6ccc(c(Cl)c6)Oc6cc5cc(c6O[C@@H]5O[C@H](CO)[C@@H](O)[C@H](O)[C@H]5OC5C[C@](C)(N)[C@H](O)[C@H](C)O5)Oc5ccc(cc5Cl)[C@H]4O)c4ccc(O)c(c4)-c4c(O)cc(O)cc43)cc2)cc1. The minimum atomic E-state index is -2.37. The van der Waals surface area contributed by atoms with Crippen molar-refractivity contribution in [2.75, 3.05) is 26.7 Å². The minimum absolute atomic E-state index is 0.0196. The van der Waals surface area contributed by atoms with Crippen LogP contribution in [0.5, 0.6) is 46.0 Å². The van der Waals surface area contributed by atoms with Gasteiger partial charge in [0.2, 0.25) is 59.3 Å². The Labute approximate surface area is 702 Å². The Morgan fingerprint density at radius 1 is 0.678 bits per heavy atom. The zero-order valence-corrected chi connectivity index (χ0v) is 67.1. The maximum Gasteiger partial charge on any atom is 0.251 e. The Hall–Kier alpha value is -11.7. The summed E-state index contributed by atoms with van der Waals surface area (Å²) in [5.74, 6) is -13.0. The fraction of sp³-hybridized carbons (Fsp3) is 0.369. The number of aromatic hydroxyl groups is 3. The Balaban J connectivity index is 0.999. The number of hydrogen-bond donors (Lipinski definition) is 20. The molecule has 37 heteroatoms. The third-order valence-electron chi connectivity index (χ3n) is 21.3. The number of halogens is 2. The van der Waals surface area contributed by atoms with Crippen molar-refractivity contribution in [2.45, 2.75) is 163 Å². The van der Waals surface area contributed by atoms with Gasteiger partial charge in [0.1, 0.15) is 95.5 Å². The average molecular weight is 1710 g/mol. The number of aliphatic hydroxyl groups excluding tert-OH is 6. The van der Waals surface area contributed by atoms with Crippen LogP contribution < -0.4 is 73.5 Å². The number of nitrogens with one attached hydrogen (secondary N) is 9. The molecule has 2 fully saturated rings. The van der Waals surface area contributed by atoms with E-state index in [-0.39, 0.29) is 65.7 Å². The van der Waals surface area contributed by atoms with E-state index in [1.54, 1.807) is 36.4 Å². The number of ether oxygens (including phenoxy) is 6. The third-order valence-corrected chi connectivity index (χ3v) is 21.8. The largest absolute Gasteiger partial charge is 0.508 e. The number of carbonyl (C=O) groups is 9. The van der Waals surface area contributed by atoms with E-state index < -0.39 is 243 Å². The first kappa shape index (κ1) is 88.6. The number of likely N-dealkylation sites (N-methyl/N-ethyl adjacent to an activating group) is 1. The van der Waals surface area contributed by atoms with E-state index in [4.69, 9.17) is 69.5 Å². The third kappa shape index (κ3) is 19.8. The number of phenolic OH excluding ortho intramolecular Hbond substituents is 3. The Bertz CT molecular complexity index is 5170. The van der Waals surface area contributed by atoms with E-state index in [1.807, 2.05) is 26.0 Å². The second kappa shape index (κ2) is 37.5. The highest BCUT2D eigenvalue weighted by atomic mass is 35.5. The smallest absolute Gasteiger partial charge is 0.251 e. The van der Waals surface area contributed by atoms with Gasteiger partial charge in [-0.15, -0.1) is 6.42 Å². The molecule has 0 saturated carbocycles. The lowest BCUT2D eigenvalue weighted by atomic mass is 9.86. The molecule has 11 bridgehead atoms. The molecular formula is C84H91Cl2N11O24. The number of hydrogen-bond acceptors (Lipinski definition) is 26. The summed E-state index contributed by atoms with van der Waals surface area (Å²) >= 11 is 14.3. The fourth-order valence-corrected chi connectivity index (χ4v) is 15.2. The van der Waals surface area contributed by atoms with Crippen molar-refractivity contribution in [2.24, 2.45) is 17.4 Å². The lowest BCUT2D eigenvalue weighted by Gasteiger charge is -2.47. The number of terminal acetylenes is 1. The maximum atomic E-state index is 16.3. The first-order valence-electron chi connectivity index (χ1n) is 38.5. The molecule has 14 rings (SSSR count). The highest BCUT2D eigenvalue weighted by Crippen LogP contribution is 2.50. The molecule has 7 aromatic rings. The van der Waals surface area contributed by atoms with Crippen molar-refractivity contribution in [1.29, 1.82) is 0 Å². The maximum absolute atomic E-state index is 16.3. The molecule has 2 saturated heterocycles. The summed E-state index contributed by atoms with van der Waals surface area (Å²) in [6, 6.07) is 13.9. The Kier molecular flexibility index (Phi) is 27.4. The predicted octanol–water partition coefficient (Wildman–Crippen LogP) is 2.61. The van der Waals surface area contributed by atoms with Crippen LogP contribution in [-0.4, -0.2) is 205 Å². The molecule has 7 heterocycles. The van der Waals surface area contributed by atoms with Crippen molar-refractivity contribution < 1.29 is 118 Å². The molecule has 0 aliphatic carbocycles. The van der Waals surface area contributed by atoms with Gasteiger partial charge in [-0.3, -0.25) is 43.2 Å². The van der Waals surface area contributed by atoms with Gasteiger partial charge in [-0.25, -0.2) is 0 Å². The molecule has 7 aliphatic rings. The lowest BCUT2D eigenvalue weighted by molar-refractivity contribution is -0.333. The van der Waals surface area contributed by atoms with Crippen LogP contribution in [0.2, 0.25) is 10.0 Å². The summed E-state index contributed by atoms with van der Waals surface area (Å²) in [5, 5.41) is 128. The molecule has 640 valence electrons. The first-order chi connectivity index (χ1) is 57.5. The number of benzene rings is 7. The zero-order valence-electron chi connectivity index (χ0n) is 65.6. The molecule has 22 N–H and O–H groups in total. The van der Waals surface area contributed by atoms with Crippen molar-refractivity contribution in [3.63, 3.8) is 0 Å². The normalized spacial score (nSPS) is 26.3. The molecule has 7 aliphatic heterocycles. The number of aliphatic hydroxyl groups is 6. The Morgan fingerprint density at radius 2 is 1.28 bits per heavy atom. The molecule has 0 aromatic heterocycles. The quantitative estimate of drug-likeness (QED) is 0.0409. The van der Waals surface area contributed by atoms with E-state index in [2.05, 4.69) is 53.8 Å². The van der Waals surface area contributed by atoms with Crippen LogP contribution in [0.4, 0.5) is 0 Å². The summed E-state index contributed by atoms with van der Waals surface area (Å²) < 4.78 is 38.7. The summed E-state index contributed by atoms with van der Waals surface area (Å²) in [6.45, 7) is 5.42. The minimum Gasteiger partial charge on any atom is -0.508 e. The van der Waals surface area contributed by atoms with Crippen LogP contribution in [0.1, 0.15) is 127 Å². The molecule has 3 unspecified atom stereocenters. The zero-order chi connectivity index (χ0) is 87.3. The highest BCUT2D eigenvalue weighted by Gasteiger charge is 2.52. The van der Waals surface area contributed by atoms with Crippen LogP contribution in [0.25, 0.3) is 22.3 Å². The summed E-state index contributed by atoms with van der Waals surface area (Å²) in [5.41, 5.74) is 11.0. The van der Waals surface area contributed by atoms with Gasteiger partial charge in [-0.2, -0.15) is 0 Å². The van der Waals surface area contributed by atoms with Gasteiger partial charge < -0.3 is 134 Å². The van der Waals surface area contributed by atoms with Gasteiger partial charge in [-0.05, 0) is 157 Å². The van der Waals surface area contributed by atoms with Crippen LogP contribution in [0, 0.1) is 18.3 Å². The van der Waals surface area contributed by atoms with Crippen LogP contribution >= 0.6 is 23.2 Å². The predicted molar refractivity (Wildman–Crippen MR) is 431 cm³/mol. The van der Waals surface area contributed by atoms with E-state index in [9.17, 15) is 69.9 Å². The summed E-state index contributed by atoms with van der Waals surface area (Å²) in [4.78, 5) is 134. The fourth-order valence-electron chi connectivity index (χ4n) is 14.8. The van der Waals surface area contributed by atoms with E-state index in [1.165, 1.54) is 39.1 Å².